The number of hydrogen-bond acceptors (Lipinski definition) is 12. The highest BCUT2D eigenvalue weighted by Gasteiger charge is 2.32. The fourth-order valence-electron chi connectivity index (χ4n) is 3.01. The SMILES string of the molecule is CC.O=[N+]([O-])c1cc([N+](=O)[O-])c(NN(c2ccc(S(=O)(=O)Cl)cc2)c2ccc(S(=O)(=O)Cl)cc2)c([N+](=O)[O-])c1. The second kappa shape index (κ2) is 12.2. The zero-order chi connectivity index (χ0) is 29.7. The van der Waals surface area contributed by atoms with E-state index in [-0.39, 0.29) is 21.2 Å². The van der Waals surface area contributed by atoms with E-state index in [1.54, 1.807) is 0 Å². The molecule has 1 N–H and O–H groups in total. The zero-order valence-corrected chi connectivity index (χ0v) is 22.9. The molecule has 0 fully saturated rings. The van der Waals surface area contributed by atoms with Crippen LogP contribution >= 0.6 is 21.4 Å². The molecule has 0 heterocycles. The molecule has 3 rings (SSSR count). The van der Waals surface area contributed by atoms with Gasteiger partial charge in [-0.3, -0.25) is 40.8 Å². The molecule has 19 heteroatoms. The molecule has 0 bridgehead atoms. The van der Waals surface area contributed by atoms with Crippen molar-refractivity contribution in [3.8, 4) is 0 Å². The van der Waals surface area contributed by atoms with Crippen LogP contribution in [0.1, 0.15) is 13.8 Å². The summed E-state index contributed by atoms with van der Waals surface area (Å²) in [6.07, 6.45) is 0. The number of halogens is 2. The fraction of sp³-hybridized carbons (Fsp3) is 0.100. The van der Waals surface area contributed by atoms with Crippen molar-refractivity contribution in [3.05, 3.63) is 91.0 Å². The smallest absolute Gasteiger partial charge is 0.282 e. The van der Waals surface area contributed by atoms with E-state index in [0.717, 1.165) is 29.3 Å². The zero-order valence-electron chi connectivity index (χ0n) is 19.7. The molecule has 0 aromatic heterocycles. The average molecular weight is 622 g/mol. The van der Waals surface area contributed by atoms with Gasteiger partial charge in [0.1, 0.15) is 0 Å². The maximum Gasteiger partial charge on any atom is 0.308 e. The first kappa shape index (κ1) is 31.2. The molecule has 0 aliphatic heterocycles. The predicted molar refractivity (Wildman–Crippen MR) is 142 cm³/mol. The molecule has 0 spiro atoms. The molecular weight excluding hydrogens is 605 g/mol. The molecule has 3 aromatic rings. The van der Waals surface area contributed by atoms with Crippen LogP contribution in [0, 0.1) is 30.3 Å². The molecule has 3 aromatic carbocycles. The van der Waals surface area contributed by atoms with Crippen molar-refractivity contribution in [2.45, 2.75) is 23.6 Å². The first-order chi connectivity index (χ1) is 18.1. The van der Waals surface area contributed by atoms with Crippen LogP contribution in [-0.2, 0) is 18.1 Å². The molecule has 0 saturated heterocycles. The number of nitrogens with one attached hydrogen (secondary N) is 1. The third kappa shape index (κ3) is 7.50. The van der Waals surface area contributed by atoms with Gasteiger partial charge < -0.3 is 0 Å². The number of nitrogens with zero attached hydrogens (tertiary/aromatic N) is 4. The van der Waals surface area contributed by atoms with E-state index in [1.807, 2.05) is 13.8 Å². The van der Waals surface area contributed by atoms with E-state index in [9.17, 15) is 47.2 Å². The summed E-state index contributed by atoms with van der Waals surface area (Å²) in [5.74, 6) is 0. The summed E-state index contributed by atoms with van der Waals surface area (Å²) in [5, 5.41) is 35.5. The fourth-order valence-corrected chi connectivity index (χ4v) is 4.55. The number of anilines is 3. The minimum absolute atomic E-state index is 0.0486. The minimum Gasteiger partial charge on any atom is -0.282 e. The minimum atomic E-state index is -4.13. The Morgan fingerprint density at radius 2 is 1.00 bits per heavy atom. The van der Waals surface area contributed by atoms with Gasteiger partial charge in [-0.2, -0.15) is 0 Å². The van der Waals surface area contributed by atoms with Crippen LogP contribution in [0.4, 0.5) is 34.1 Å². The summed E-state index contributed by atoms with van der Waals surface area (Å²) < 4.78 is 46.4. The summed E-state index contributed by atoms with van der Waals surface area (Å²) in [6, 6.07) is 10.1. The van der Waals surface area contributed by atoms with Gasteiger partial charge >= 0.3 is 11.4 Å². The molecule has 39 heavy (non-hydrogen) atoms. The van der Waals surface area contributed by atoms with Crippen LogP contribution in [0.25, 0.3) is 0 Å². The van der Waals surface area contributed by atoms with Crippen molar-refractivity contribution >= 4 is 73.6 Å². The highest BCUT2D eigenvalue weighted by atomic mass is 35.7. The van der Waals surface area contributed by atoms with Crippen molar-refractivity contribution in [3.63, 3.8) is 0 Å². The number of non-ortho nitro benzene ring substituents is 1. The molecule has 0 saturated carbocycles. The Labute approximate surface area is 229 Å². The van der Waals surface area contributed by atoms with Crippen molar-refractivity contribution < 1.29 is 31.6 Å². The highest BCUT2D eigenvalue weighted by molar-refractivity contribution is 8.14. The number of nitro groups is 3. The standard InChI is InChI=1S/C18H11Cl2N5O10S2.C2H6/c19-36(32,33)14-5-1-11(2-6-14)22(12-3-7-15(8-4-12)37(20,34)35)21-18-16(24(28)29)9-13(23(26)27)10-17(18)25(30)31;1-2/h1-10,21H;1-2H3. The first-order valence-corrected chi connectivity index (χ1v) is 15.0. The first-order valence-electron chi connectivity index (χ1n) is 10.4. The van der Waals surface area contributed by atoms with E-state index in [2.05, 4.69) is 5.43 Å². The van der Waals surface area contributed by atoms with Crippen molar-refractivity contribution in [2.75, 3.05) is 10.4 Å². The molecule has 0 radical (unpaired) electrons. The molecule has 208 valence electrons. The van der Waals surface area contributed by atoms with Gasteiger partial charge in [-0.15, -0.1) is 0 Å². The maximum absolute atomic E-state index is 11.7. The Bertz CT molecular complexity index is 1520. The number of benzene rings is 3. The summed E-state index contributed by atoms with van der Waals surface area (Å²) in [5.41, 5.74) is -1.16. The Morgan fingerprint density at radius 3 is 1.26 bits per heavy atom. The molecular formula is C20H17Cl2N5O10S2. The molecule has 15 nitrogen and oxygen atoms in total. The summed E-state index contributed by atoms with van der Waals surface area (Å²) in [4.78, 5) is 30.7. The van der Waals surface area contributed by atoms with Gasteiger partial charge in [-0.25, -0.2) is 16.8 Å². The van der Waals surface area contributed by atoms with Crippen molar-refractivity contribution in [1.29, 1.82) is 0 Å². The average Bonchev–Trinajstić information content (AvgIpc) is 2.87. The summed E-state index contributed by atoms with van der Waals surface area (Å²) in [6.45, 7) is 4.00. The van der Waals surface area contributed by atoms with E-state index in [0.29, 0.717) is 12.1 Å². The molecule has 0 unspecified atom stereocenters. The van der Waals surface area contributed by atoms with Gasteiger partial charge in [-0.1, -0.05) is 13.8 Å². The van der Waals surface area contributed by atoms with E-state index < -0.39 is 55.6 Å². The third-order valence-corrected chi connectivity index (χ3v) is 7.40. The molecule has 0 amide bonds. The molecule has 0 atom stereocenters. The third-order valence-electron chi connectivity index (χ3n) is 4.66. The lowest BCUT2D eigenvalue weighted by Gasteiger charge is -2.26. The van der Waals surface area contributed by atoms with Gasteiger partial charge in [-0.05, 0) is 48.5 Å². The Hall–Kier alpha value is -4.06. The largest absolute Gasteiger partial charge is 0.308 e. The second-order valence-electron chi connectivity index (χ2n) is 6.94. The van der Waals surface area contributed by atoms with Crippen LogP contribution in [-0.4, -0.2) is 31.6 Å². The van der Waals surface area contributed by atoms with E-state index >= 15 is 0 Å². The second-order valence-corrected chi connectivity index (χ2v) is 12.1. The Balaban J connectivity index is 0.00000260. The monoisotopic (exact) mass is 621 g/mol. The number of rotatable bonds is 9. The normalized spacial score (nSPS) is 11.1. The highest BCUT2D eigenvalue weighted by Crippen LogP contribution is 2.40. The van der Waals surface area contributed by atoms with Crippen LogP contribution in [0.2, 0.25) is 0 Å². The summed E-state index contributed by atoms with van der Waals surface area (Å²) >= 11 is 0. The topological polar surface area (TPSA) is 213 Å². The van der Waals surface area contributed by atoms with E-state index in [1.165, 1.54) is 24.3 Å². The van der Waals surface area contributed by atoms with Gasteiger partial charge in [0.25, 0.3) is 23.8 Å². The van der Waals surface area contributed by atoms with Gasteiger partial charge in [0.15, 0.2) is 0 Å². The van der Waals surface area contributed by atoms with Gasteiger partial charge in [0.2, 0.25) is 5.69 Å². The number of nitro benzene ring substituents is 3. The van der Waals surface area contributed by atoms with E-state index in [4.69, 9.17) is 21.4 Å². The Kier molecular flexibility index (Phi) is 9.75. The molecule has 0 aliphatic carbocycles. The Morgan fingerprint density at radius 1 is 0.667 bits per heavy atom. The maximum atomic E-state index is 11.7. The van der Waals surface area contributed by atoms with Crippen LogP contribution < -0.4 is 10.4 Å². The molecule has 0 aliphatic rings. The summed E-state index contributed by atoms with van der Waals surface area (Å²) in [7, 11) is 2.37. The predicted octanol–water partition coefficient (Wildman–Crippen LogP) is 5.46. The van der Waals surface area contributed by atoms with Gasteiger partial charge in [0, 0.05) is 21.4 Å². The van der Waals surface area contributed by atoms with Gasteiger partial charge in [0.05, 0.1) is 48.1 Å². The van der Waals surface area contributed by atoms with Crippen molar-refractivity contribution in [1.82, 2.24) is 0 Å². The number of hydrogen-bond donors (Lipinski definition) is 1. The quantitative estimate of drug-likeness (QED) is 0.179. The van der Waals surface area contributed by atoms with Crippen LogP contribution in [0.3, 0.4) is 0 Å². The van der Waals surface area contributed by atoms with Crippen LogP contribution in [0.5, 0.6) is 0 Å². The number of hydrazine groups is 1. The van der Waals surface area contributed by atoms with Crippen molar-refractivity contribution in [2.24, 2.45) is 0 Å². The lowest BCUT2D eigenvalue weighted by atomic mass is 10.2. The lowest BCUT2D eigenvalue weighted by Crippen LogP contribution is -2.25. The lowest BCUT2D eigenvalue weighted by molar-refractivity contribution is -0.401. The van der Waals surface area contributed by atoms with Crippen LogP contribution in [0.15, 0.2) is 70.5 Å².